The third-order valence-electron chi connectivity index (χ3n) is 3.56. The third-order valence-corrected chi connectivity index (χ3v) is 7.67. The van der Waals surface area contributed by atoms with Crippen LogP contribution in [0.25, 0.3) is 0 Å². The van der Waals surface area contributed by atoms with Crippen molar-refractivity contribution in [2.24, 2.45) is 0 Å². The van der Waals surface area contributed by atoms with Crippen molar-refractivity contribution >= 4 is 8.32 Å². The summed E-state index contributed by atoms with van der Waals surface area (Å²) < 4.78 is 23.2. The van der Waals surface area contributed by atoms with Crippen molar-refractivity contribution in [3.63, 3.8) is 0 Å². The van der Waals surface area contributed by atoms with Gasteiger partial charge in [0.2, 0.25) is 8.32 Å². The average Bonchev–Trinajstić information content (AvgIpc) is 2.33. The van der Waals surface area contributed by atoms with E-state index in [1.807, 2.05) is 0 Å². The van der Waals surface area contributed by atoms with E-state index in [-0.39, 0.29) is 10.8 Å². The first-order chi connectivity index (χ1) is 9.58. The van der Waals surface area contributed by atoms with Crippen molar-refractivity contribution < 1.29 is 18.6 Å². The minimum atomic E-state index is -2.07. The van der Waals surface area contributed by atoms with Gasteiger partial charge in [-0.1, -0.05) is 13.5 Å². The van der Waals surface area contributed by atoms with Gasteiger partial charge < -0.3 is 18.6 Å². The molecule has 0 N–H and O–H groups in total. The second kappa shape index (κ2) is 8.93. The fourth-order valence-electron chi connectivity index (χ4n) is 1.91. The van der Waals surface area contributed by atoms with Crippen LogP contribution in [0.5, 0.6) is 0 Å². The van der Waals surface area contributed by atoms with Gasteiger partial charge in [0.1, 0.15) is 6.61 Å². The molecule has 0 saturated heterocycles. The molecule has 0 rings (SSSR count). The Morgan fingerprint density at radius 3 is 2.19 bits per heavy atom. The van der Waals surface area contributed by atoms with Crippen LogP contribution in [-0.2, 0) is 18.6 Å². The van der Waals surface area contributed by atoms with Crippen molar-refractivity contribution in [3.8, 4) is 0 Å². The van der Waals surface area contributed by atoms with Gasteiger partial charge in [0.25, 0.3) is 0 Å². The van der Waals surface area contributed by atoms with E-state index in [4.69, 9.17) is 18.6 Å². The lowest BCUT2D eigenvalue weighted by atomic mass is 10.2. The van der Waals surface area contributed by atoms with Crippen LogP contribution in [0.15, 0.2) is 12.8 Å². The van der Waals surface area contributed by atoms with Crippen LogP contribution in [-0.4, -0.2) is 45.6 Å². The maximum atomic E-state index is 6.42. The molecule has 0 aliphatic rings. The van der Waals surface area contributed by atoms with E-state index in [9.17, 15) is 0 Å². The molecule has 21 heavy (non-hydrogen) atoms. The van der Waals surface area contributed by atoms with Gasteiger partial charge in [0.05, 0.1) is 30.3 Å². The number of rotatable bonds is 12. The molecule has 0 aromatic heterocycles. The molecule has 4 nitrogen and oxygen atoms in total. The highest BCUT2D eigenvalue weighted by molar-refractivity contribution is 6.74. The van der Waals surface area contributed by atoms with Gasteiger partial charge in [-0.25, -0.2) is 0 Å². The smallest absolute Gasteiger partial charge is 0.218 e. The Labute approximate surface area is 131 Å². The van der Waals surface area contributed by atoms with Crippen LogP contribution in [0.3, 0.4) is 0 Å². The summed E-state index contributed by atoms with van der Waals surface area (Å²) in [5.41, 5.74) is -0.302. The van der Waals surface area contributed by atoms with Crippen molar-refractivity contribution in [3.05, 3.63) is 12.8 Å². The SMILES string of the molecule is C=COCCOC(C)(C)[Si](C)(C)OC(C)(C)COCCC. The first kappa shape index (κ1) is 20.6. The van der Waals surface area contributed by atoms with Gasteiger partial charge in [-0.3, -0.25) is 0 Å². The molecule has 0 saturated carbocycles. The number of hydrogen-bond donors (Lipinski definition) is 0. The molecule has 0 unspecified atom stereocenters. The van der Waals surface area contributed by atoms with Crippen molar-refractivity contribution in [2.45, 2.75) is 65.0 Å². The highest BCUT2D eigenvalue weighted by Gasteiger charge is 2.45. The van der Waals surface area contributed by atoms with Gasteiger partial charge in [-0.15, -0.1) is 0 Å². The molecule has 126 valence electrons. The summed E-state index contributed by atoms with van der Waals surface area (Å²) in [6.07, 6.45) is 2.46. The fraction of sp³-hybridized carbons (Fsp3) is 0.875. The van der Waals surface area contributed by atoms with Gasteiger partial charge in [0.15, 0.2) is 0 Å². The van der Waals surface area contributed by atoms with E-state index in [2.05, 4.69) is 54.3 Å². The van der Waals surface area contributed by atoms with Crippen LogP contribution >= 0.6 is 0 Å². The Kier molecular flexibility index (Phi) is 8.78. The highest BCUT2D eigenvalue weighted by atomic mass is 28.4. The molecular formula is C16H34O4Si. The van der Waals surface area contributed by atoms with Crippen LogP contribution in [0.2, 0.25) is 13.1 Å². The lowest BCUT2D eigenvalue weighted by Crippen LogP contribution is -2.58. The molecule has 0 heterocycles. The molecular weight excluding hydrogens is 284 g/mol. The molecule has 0 aromatic rings. The molecule has 0 bridgehead atoms. The monoisotopic (exact) mass is 318 g/mol. The predicted octanol–water partition coefficient (Wildman–Crippen LogP) is 3.91. The van der Waals surface area contributed by atoms with E-state index < -0.39 is 8.32 Å². The fourth-order valence-corrected chi connectivity index (χ4v) is 4.04. The summed E-state index contributed by atoms with van der Waals surface area (Å²) in [7, 11) is -2.07. The lowest BCUT2D eigenvalue weighted by Gasteiger charge is -2.44. The van der Waals surface area contributed by atoms with Crippen LogP contribution in [0.4, 0.5) is 0 Å². The van der Waals surface area contributed by atoms with E-state index in [1.165, 1.54) is 6.26 Å². The zero-order chi connectivity index (χ0) is 16.6. The van der Waals surface area contributed by atoms with Gasteiger partial charge in [0, 0.05) is 6.61 Å². The van der Waals surface area contributed by atoms with Crippen LogP contribution in [0, 0.1) is 0 Å². The second-order valence-electron chi connectivity index (χ2n) is 6.82. The maximum Gasteiger partial charge on any atom is 0.218 e. The first-order valence-electron chi connectivity index (χ1n) is 7.72. The summed E-state index contributed by atoms with van der Waals surface area (Å²) in [6, 6.07) is 0. The Balaban J connectivity index is 4.50. The molecule has 0 aliphatic heterocycles. The van der Waals surface area contributed by atoms with Crippen LogP contribution in [0.1, 0.15) is 41.0 Å². The van der Waals surface area contributed by atoms with E-state index >= 15 is 0 Å². The van der Waals surface area contributed by atoms with Crippen molar-refractivity contribution in [2.75, 3.05) is 26.4 Å². The molecule has 0 spiro atoms. The summed E-state index contributed by atoms with van der Waals surface area (Å²) >= 11 is 0. The topological polar surface area (TPSA) is 36.9 Å². The zero-order valence-corrected chi connectivity index (χ0v) is 16.0. The Morgan fingerprint density at radius 2 is 1.67 bits per heavy atom. The first-order valence-corrected chi connectivity index (χ1v) is 10.6. The largest absolute Gasteiger partial charge is 0.499 e. The average molecular weight is 319 g/mol. The van der Waals surface area contributed by atoms with Crippen LogP contribution < -0.4 is 0 Å². The molecule has 0 fully saturated rings. The van der Waals surface area contributed by atoms with E-state index in [0.29, 0.717) is 19.8 Å². The third kappa shape index (κ3) is 8.00. The van der Waals surface area contributed by atoms with E-state index in [1.54, 1.807) is 0 Å². The van der Waals surface area contributed by atoms with Crippen molar-refractivity contribution in [1.82, 2.24) is 0 Å². The molecule has 0 amide bonds. The summed E-state index contributed by atoms with van der Waals surface area (Å²) in [5.74, 6) is 0. The minimum Gasteiger partial charge on any atom is -0.499 e. The molecule has 5 heteroatoms. The molecule has 0 aliphatic carbocycles. The number of ether oxygens (including phenoxy) is 3. The Bertz CT molecular complexity index is 301. The summed E-state index contributed by atoms with van der Waals surface area (Å²) in [4.78, 5) is 0. The Morgan fingerprint density at radius 1 is 1.05 bits per heavy atom. The zero-order valence-electron chi connectivity index (χ0n) is 15.0. The number of hydrogen-bond acceptors (Lipinski definition) is 4. The molecule has 0 atom stereocenters. The standard InChI is InChI=1S/C16H34O4Si/c1-9-11-18-14-15(3,4)20-21(7,8)16(5,6)19-13-12-17-10-2/h10H,2,9,11-14H2,1,3-8H3. The lowest BCUT2D eigenvalue weighted by molar-refractivity contribution is -0.0418. The predicted molar refractivity (Wildman–Crippen MR) is 89.9 cm³/mol. The summed E-state index contributed by atoms with van der Waals surface area (Å²) in [6.45, 7) is 20.8. The minimum absolute atomic E-state index is 0.302. The van der Waals surface area contributed by atoms with E-state index in [0.717, 1.165) is 13.0 Å². The molecule has 0 radical (unpaired) electrons. The van der Waals surface area contributed by atoms with Crippen molar-refractivity contribution in [1.29, 1.82) is 0 Å². The Hall–Kier alpha value is -0.363. The normalized spacial score (nSPS) is 13.3. The quantitative estimate of drug-likeness (QED) is 0.311. The molecule has 0 aromatic carbocycles. The highest BCUT2D eigenvalue weighted by Crippen LogP contribution is 2.30. The maximum absolute atomic E-state index is 6.42. The van der Waals surface area contributed by atoms with Gasteiger partial charge in [-0.2, -0.15) is 0 Å². The van der Waals surface area contributed by atoms with Gasteiger partial charge in [-0.05, 0) is 47.2 Å². The van der Waals surface area contributed by atoms with Gasteiger partial charge >= 0.3 is 0 Å². The summed E-state index contributed by atoms with van der Waals surface area (Å²) in [5, 5.41) is -0.306. The second-order valence-corrected chi connectivity index (χ2v) is 11.2.